The highest BCUT2D eigenvalue weighted by molar-refractivity contribution is 6.32. The van der Waals surface area contributed by atoms with Gasteiger partial charge in [-0.15, -0.1) is 6.58 Å². The first-order valence-corrected chi connectivity index (χ1v) is 5.64. The third kappa shape index (κ3) is 1.63. The van der Waals surface area contributed by atoms with Crippen LogP contribution in [0.2, 0.25) is 5.02 Å². The fourth-order valence-corrected chi connectivity index (χ4v) is 2.44. The molecule has 1 aromatic rings. The molecule has 0 saturated heterocycles. The second-order valence-electron chi connectivity index (χ2n) is 4.11. The van der Waals surface area contributed by atoms with Crippen molar-refractivity contribution in [3.63, 3.8) is 0 Å². The van der Waals surface area contributed by atoms with E-state index in [9.17, 15) is 0 Å². The van der Waals surface area contributed by atoms with E-state index < -0.39 is 0 Å². The summed E-state index contributed by atoms with van der Waals surface area (Å²) in [5, 5.41) is 0.869. The minimum atomic E-state index is 0.380. The normalized spacial score (nSPS) is 15.8. The lowest BCUT2D eigenvalue weighted by Crippen LogP contribution is -1.96. The van der Waals surface area contributed by atoms with Crippen LogP contribution in [0.3, 0.4) is 0 Å². The predicted octanol–water partition coefficient (Wildman–Crippen LogP) is 4.41. The maximum absolute atomic E-state index is 6.26. The molecule has 1 atom stereocenters. The molecule has 0 spiro atoms. The average molecular weight is 219 g/mol. The minimum absolute atomic E-state index is 0.380. The van der Waals surface area contributed by atoms with Crippen molar-refractivity contribution in [2.24, 2.45) is 5.92 Å². The van der Waals surface area contributed by atoms with Gasteiger partial charge in [0.15, 0.2) is 0 Å². The van der Waals surface area contributed by atoms with E-state index >= 15 is 0 Å². The van der Waals surface area contributed by atoms with Crippen LogP contribution in [0.5, 0.6) is 0 Å². The molecule has 2 rings (SSSR count). The lowest BCUT2D eigenvalue weighted by molar-refractivity contribution is 0.971. The van der Waals surface area contributed by atoms with E-state index in [2.05, 4.69) is 32.6 Å². The van der Waals surface area contributed by atoms with Gasteiger partial charge in [0.25, 0.3) is 0 Å². The number of halogens is 1. The van der Waals surface area contributed by atoms with Gasteiger partial charge in [-0.3, -0.25) is 0 Å². The van der Waals surface area contributed by atoms with E-state index in [1.807, 2.05) is 12.1 Å². The van der Waals surface area contributed by atoms with Crippen molar-refractivity contribution in [2.45, 2.75) is 20.3 Å². The summed E-state index contributed by atoms with van der Waals surface area (Å²) in [6.07, 6.45) is 5.25. The summed E-state index contributed by atoms with van der Waals surface area (Å²) < 4.78 is 0. The molecule has 0 amide bonds. The SMILES string of the molecule is C=CC(C)C1=CCc2c(C)ccc(Cl)c21. The van der Waals surface area contributed by atoms with Crippen molar-refractivity contribution < 1.29 is 0 Å². The molecule has 1 unspecified atom stereocenters. The molecule has 0 saturated carbocycles. The molecule has 15 heavy (non-hydrogen) atoms. The van der Waals surface area contributed by atoms with Gasteiger partial charge in [-0.2, -0.15) is 0 Å². The largest absolute Gasteiger partial charge is 0.102 e. The quantitative estimate of drug-likeness (QED) is 0.645. The molecular weight excluding hydrogens is 204 g/mol. The fraction of sp³-hybridized carbons (Fsp3) is 0.286. The molecule has 0 aromatic heterocycles. The Morgan fingerprint density at radius 2 is 2.20 bits per heavy atom. The first-order valence-electron chi connectivity index (χ1n) is 5.26. The predicted molar refractivity (Wildman–Crippen MR) is 67.2 cm³/mol. The van der Waals surface area contributed by atoms with Gasteiger partial charge in [-0.1, -0.05) is 36.7 Å². The Morgan fingerprint density at radius 1 is 1.47 bits per heavy atom. The average Bonchev–Trinajstić information content (AvgIpc) is 2.68. The van der Waals surface area contributed by atoms with Crippen LogP contribution in [0.1, 0.15) is 23.6 Å². The van der Waals surface area contributed by atoms with E-state index in [-0.39, 0.29) is 0 Å². The van der Waals surface area contributed by atoms with Crippen LogP contribution >= 0.6 is 11.6 Å². The molecule has 1 aliphatic carbocycles. The maximum Gasteiger partial charge on any atom is 0.0484 e. The van der Waals surface area contributed by atoms with Crippen LogP contribution in [0.4, 0.5) is 0 Å². The van der Waals surface area contributed by atoms with Gasteiger partial charge >= 0.3 is 0 Å². The van der Waals surface area contributed by atoms with Gasteiger partial charge in [0, 0.05) is 10.6 Å². The summed E-state index contributed by atoms with van der Waals surface area (Å²) in [4.78, 5) is 0. The Morgan fingerprint density at radius 3 is 2.87 bits per heavy atom. The second-order valence-corrected chi connectivity index (χ2v) is 4.51. The molecule has 1 aliphatic rings. The zero-order chi connectivity index (χ0) is 11.0. The van der Waals surface area contributed by atoms with Crippen molar-refractivity contribution in [1.82, 2.24) is 0 Å². The fourth-order valence-electron chi connectivity index (χ4n) is 2.15. The lowest BCUT2D eigenvalue weighted by atomic mass is 9.94. The molecule has 0 fully saturated rings. The number of benzene rings is 1. The van der Waals surface area contributed by atoms with Gasteiger partial charge in [0.05, 0.1) is 0 Å². The van der Waals surface area contributed by atoms with Gasteiger partial charge in [-0.25, -0.2) is 0 Å². The Kier molecular flexibility index (Phi) is 2.70. The van der Waals surface area contributed by atoms with Crippen LogP contribution in [0, 0.1) is 12.8 Å². The van der Waals surface area contributed by atoms with Crippen molar-refractivity contribution in [3.8, 4) is 0 Å². The molecule has 1 heteroatoms. The number of fused-ring (bicyclic) bond motifs is 1. The van der Waals surface area contributed by atoms with Crippen LogP contribution in [-0.2, 0) is 6.42 Å². The van der Waals surface area contributed by atoms with E-state index in [0.29, 0.717) is 5.92 Å². The highest BCUT2D eigenvalue weighted by atomic mass is 35.5. The lowest BCUT2D eigenvalue weighted by Gasteiger charge is -2.13. The minimum Gasteiger partial charge on any atom is -0.102 e. The maximum atomic E-state index is 6.26. The summed E-state index contributed by atoms with van der Waals surface area (Å²) in [5.74, 6) is 0.380. The standard InChI is InChI=1S/C14H15Cl/c1-4-9(2)11-6-7-12-10(3)5-8-13(15)14(11)12/h4-6,8-9H,1,7H2,2-3H3. The molecule has 0 nitrogen and oxygen atoms in total. The highest BCUT2D eigenvalue weighted by Crippen LogP contribution is 2.39. The van der Waals surface area contributed by atoms with Gasteiger partial charge in [0.2, 0.25) is 0 Å². The monoisotopic (exact) mass is 218 g/mol. The van der Waals surface area contributed by atoms with Gasteiger partial charge in [-0.05, 0) is 42.0 Å². The second kappa shape index (κ2) is 3.86. The summed E-state index contributed by atoms with van der Waals surface area (Å²) in [7, 11) is 0. The smallest absolute Gasteiger partial charge is 0.0484 e. The Balaban J connectivity index is 2.56. The van der Waals surface area contributed by atoms with Crippen molar-refractivity contribution in [1.29, 1.82) is 0 Å². The molecule has 1 aromatic carbocycles. The Bertz CT molecular complexity index is 441. The topological polar surface area (TPSA) is 0 Å². The van der Waals surface area contributed by atoms with Crippen molar-refractivity contribution in [3.05, 3.63) is 52.6 Å². The van der Waals surface area contributed by atoms with E-state index in [4.69, 9.17) is 11.6 Å². The van der Waals surface area contributed by atoms with Gasteiger partial charge < -0.3 is 0 Å². The van der Waals surface area contributed by atoms with Crippen molar-refractivity contribution >= 4 is 17.2 Å². The van der Waals surface area contributed by atoms with E-state index in [0.717, 1.165) is 11.4 Å². The molecule has 0 N–H and O–H groups in total. The summed E-state index contributed by atoms with van der Waals surface area (Å²) in [6, 6.07) is 4.08. The third-order valence-electron chi connectivity index (χ3n) is 3.16. The summed E-state index contributed by atoms with van der Waals surface area (Å²) >= 11 is 6.26. The van der Waals surface area contributed by atoms with Crippen LogP contribution in [0.25, 0.3) is 5.57 Å². The number of aryl methyl sites for hydroxylation is 1. The van der Waals surface area contributed by atoms with E-state index in [1.165, 1.54) is 22.3 Å². The molecule has 0 aliphatic heterocycles. The molecule has 78 valence electrons. The highest BCUT2D eigenvalue weighted by Gasteiger charge is 2.21. The third-order valence-corrected chi connectivity index (χ3v) is 3.47. The molecule has 0 heterocycles. The summed E-state index contributed by atoms with van der Waals surface area (Å²) in [6.45, 7) is 8.15. The summed E-state index contributed by atoms with van der Waals surface area (Å²) in [5.41, 5.74) is 5.28. The zero-order valence-corrected chi connectivity index (χ0v) is 9.93. The van der Waals surface area contributed by atoms with Crippen LogP contribution in [0.15, 0.2) is 30.9 Å². The van der Waals surface area contributed by atoms with Crippen molar-refractivity contribution in [2.75, 3.05) is 0 Å². The number of rotatable bonds is 2. The molecular formula is C14H15Cl. The van der Waals surface area contributed by atoms with E-state index in [1.54, 1.807) is 0 Å². The first-order chi connectivity index (χ1) is 7.15. The Labute approximate surface area is 96.3 Å². The first kappa shape index (κ1) is 10.5. The number of hydrogen-bond donors (Lipinski definition) is 0. The molecule has 0 bridgehead atoms. The van der Waals surface area contributed by atoms with Crippen LogP contribution in [-0.4, -0.2) is 0 Å². The van der Waals surface area contributed by atoms with Gasteiger partial charge in [0.1, 0.15) is 0 Å². The molecule has 0 radical (unpaired) electrons. The number of hydrogen-bond acceptors (Lipinski definition) is 0. The zero-order valence-electron chi connectivity index (χ0n) is 9.18. The Hall–Kier alpha value is -1.01. The number of allylic oxidation sites excluding steroid dienone is 3. The van der Waals surface area contributed by atoms with Crippen LogP contribution < -0.4 is 0 Å².